The van der Waals surface area contributed by atoms with Crippen molar-refractivity contribution >= 4 is 29.1 Å². The maximum absolute atomic E-state index is 12.3. The lowest BCUT2D eigenvalue weighted by Gasteiger charge is -2.33. The van der Waals surface area contributed by atoms with Crippen molar-refractivity contribution < 1.29 is 9.53 Å². The summed E-state index contributed by atoms with van der Waals surface area (Å²) in [6.45, 7) is 11.1. The molecule has 4 aromatic rings. The lowest BCUT2D eigenvalue weighted by molar-refractivity contribution is -0.129. The molecule has 244 valence electrons. The molecule has 0 bridgehead atoms. The summed E-state index contributed by atoms with van der Waals surface area (Å²) in [5.41, 5.74) is 8.25. The molecule has 9 heteroatoms. The van der Waals surface area contributed by atoms with Crippen molar-refractivity contribution in [1.82, 2.24) is 24.9 Å². The Kier molecular flexibility index (Phi) is 11.0. The van der Waals surface area contributed by atoms with Crippen molar-refractivity contribution in [2.45, 2.75) is 58.9 Å². The van der Waals surface area contributed by atoms with E-state index in [1.54, 1.807) is 6.92 Å². The SMILES string of the molecule is CC(=O)N1CCc2c(c(-c3ccc(Cl)c(C#Cc4ccc(CNCc5ccc(Cl)cc5)cc4)c3)nn2CCCN2CCOC[C@@H]2C)C1. The summed E-state index contributed by atoms with van der Waals surface area (Å²) >= 11 is 12.6. The second-order valence-corrected chi connectivity index (χ2v) is 13.2. The van der Waals surface area contributed by atoms with Crippen LogP contribution < -0.4 is 5.32 Å². The Morgan fingerprint density at radius 2 is 1.72 bits per heavy atom. The quantitative estimate of drug-likeness (QED) is 0.205. The third-order valence-corrected chi connectivity index (χ3v) is 9.59. The highest BCUT2D eigenvalue weighted by Crippen LogP contribution is 2.32. The van der Waals surface area contributed by atoms with E-state index in [-0.39, 0.29) is 5.91 Å². The minimum absolute atomic E-state index is 0.0849. The Morgan fingerprint density at radius 3 is 2.45 bits per heavy atom. The fourth-order valence-corrected chi connectivity index (χ4v) is 6.55. The summed E-state index contributed by atoms with van der Waals surface area (Å²) in [4.78, 5) is 16.7. The zero-order valence-corrected chi connectivity index (χ0v) is 28.6. The van der Waals surface area contributed by atoms with Gasteiger partial charge < -0.3 is 15.0 Å². The van der Waals surface area contributed by atoms with Crippen LogP contribution in [0.5, 0.6) is 0 Å². The van der Waals surface area contributed by atoms with Gasteiger partial charge in [-0.05, 0) is 60.9 Å². The number of aromatic nitrogens is 2. The minimum atomic E-state index is 0.0849. The van der Waals surface area contributed by atoms with Gasteiger partial charge in [0.1, 0.15) is 0 Å². The van der Waals surface area contributed by atoms with Crippen molar-refractivity contribution in [1.29, 1.82) is 0 Å². The van der Waals surface area contributed by atoms with Gasteiger partial charge in [0.05, 0.1) is 23.9 Å². The highest BCUT2D eigenvalue weighted by molar-refractivity contribution is 6.31. The summed E-state index contributed by atoms with van der Waals surface area (Å²) in [6.07, 6.45) is 1.80. The number of nitrogens with one attached hydrogen (secondary N) is 1. The summed E-state index contributed by atoms with van der Waals surface area (Å²) < 4.78 is 7.78. The first-order valence-electron chi connectivity index (χ1n) is 16.4. The molecule has 2 aliphatic heterocycles. The summed E-state index contributed by atoms with van der Waals surface area (Å²) in [5, 5.41) is 9.95. The third-order valence-electron chi connectivity index (χ3n) is 9.01. The molecule has 47 heavy (non-hydrogen) atoms. The van der Waals surface area contributed by atoms with E-state index in [0.717, 1.165) is 91.7 Å². The lowest BCUT2D eigenvalue weighted by atomic mass is 9.99. The highest BCUT2D eigenvalue weighted by Gasteiger charge is 2.27. The summed E-state index contributed by atoms with van der Waals surface area (Å²) in [6, 6.07) is 22.5. The molecule has 3 aromatic carbocycles. The lowest BCUT2D eigenvalue weighted by Crippen LogP contribution is -2.44. The topological polar surface area (TPSA) is 62.6 Å². The van der Waals surface area contributed by atoms with Gasteiger partial charge >= 0.3 is 0 Å². The number of morpholine rings is 1. The first kappa shape index (κ1) is 33.3. The Balaban J connectivity index is 1.16. The first-order chi connectivity index (χ1) is 22.8. The standard InChI is InChI=1S/C38H41Cl2N5O2/c1-27-26-47-21-20-43(27)17-3-18-45-37-16-19-44(28(2)46)25-35(37)38(42-45)33-12-15-36(40)32(22-33)11-8-29-4-6-30(7-5-29)23-41-24-31-9-13-34(39)14-10-31/h4-7,9-10,12-15,22,27,41H,3,16-21,23-26H2,1-2H3/t27-/m0/s1. The van der Waals surface area contributed by atoms with Crippen LogP contribution >= 0.6 is 23.2 Å². The number of benzene rings is 3. The van der Waals surface area contributed by atoms with Gasteiger partial charge in [0.25, 0.3) is 0 Å². The molecule has 1 atom stereocenters. The second-order valence-electron chi connectivity index (χ2n) is 12.4. The van der Waals surface area contributed by atoms with Crippen molar-refractivity contribution in [3.05, 3.63) is 110 Å². The van der Waals surface area contributed by atoms with Gasteiger partial charge in [-0.2, -0.15) is 5.10 Å². The largest absolute Gasteiger partial charge is 0.379 e. The van der Waals surface area contributed by atoms with Gasteiger partial charge in [-0.1, -0.05) is 65.4 Å². The molecular weight excluding hydrogens is 629 g/mol. The van der Waals surface area contributed by atoms with Gasteiger partial charge in [-0.3, -0.25) is 14.4 Å². The van der Waals surface area contributed by atoms with Gasteiger partial charge in [-0.15, -0.1) is 0 Å². The van der Waals surface area contributed by atoms with E-state index in [1.165, 1.54) is 16.8 Å². The number of carbonyl (C=O) groups is 1. The van der Waals surface area contributed by atoms with Gasteiger partial charge in [0.15, 0.2) is 0 Å². The molecule has 6 rings (SSSR count). The maximum Gasteiger partial charge on any atom is 0.219 e. The van der Waals surface area contributed by atoms with Crippen molar-refractivity contribution in [2.75, 3.05) is 32.8 Å². The second kappa shape index (κ2) is 15.5. The van der Waals surface area contributed by atoms with Gasteiger partial charge in [0.2, 0.25) is 5.91 Å². The molecule has 0 aliphatic carbocycles. The van der Waals surface area contributed by atoms with Crippen molar-refractivity contribution in [2.24, 2.45) is 0 Å². The maximum atomic E-state index is 12.3. The average Bonchev–Trinajstić information content (AvgIpc) is 3.44. The van der Waals surface area contributed by atoms with E-state index in [4.69, 9.17) is 33.0 Å². The van der Waals surface area contributed by atoms with Crippen LogP contribution in [0.2, 0.25) is 10.0 Å². The molecule has 1 amide bonds. The van der Waals surface area contributed by atoms with Crippen LogP contribution in [0.4, 0.5) is 0 Å². The Bertz CT molecular complexity index is 1760. The summed E-state index contributed by atoms with van der Waals surface area (Å²) in [7, 11) is 0. The Hall–Kier alpha value is -3.64. The number of carbonyl (C=O) groups excluding carboxylic acids is 1. The van der Waals surface area contributed by atoms with Crippen LogP contribution in [-0.2, 0) is 42.1 Å². The molecular formula is C38H41Cl2N5O2. The van der Waals surface area contributed by atoms with E-state index < -0.39 is 0 Å². The monoisotopic (exact) mass is 669 g/mol. The molecule has 0 spiro atoms. The van der Waals surface area contributed by atoms with Crippen molar-refractivity contribution in [3.63, 3.8) is 0 Å². The van der Waals surface area contributed by atoms with Crippen molar-refractivity contribution in [3.8, 4) is 23.1 Å². The number of hydrogen-bond donors (Lipinski definition) is 1. The number of aryl methyl sites for hydroxylation is 1. The Labute approximate surface area is 287 Å². The number of hydrogen-bond acceptors (Lipinski definition) is 5. The molecule has 1 aromatic heterocycles. The predicted octanol–water partition coefficient (Wildman–Crippen LogP) is 6.56. The number of ether oxygens (including phenoxy) is 1. The summed E-state index contributed by atoms with van der Waals surface area (Å²) in [5.74, 6) is 6.67. The molecule has 3 heterocycles. The van der Waals surface area contributed by atoms with Crippen LogP contribution in [0.15, 0.2) is 66.7 Å². The van der Waals surface area contributed by atoms with E-state index in [1.807, 2.05) is 59.5 Å². The van der Waals surface area contributed by atoms with E-state index >= 15 is 0 Å². The van der Waals surface area contributed by atoms with Crippen LogP contribution in [-0.4, -0.2) is 64.4 Å². The molecule has 0 saturated carbocycles. The molecule has 7 nitrogen and oxygen atoms in total. The van der Waals surface area contributed by atoms with Crippen LogP contribution in [0, 0.1) is 11.8 Å². The zero-order chi connectivity index (χ0) is 32.8. The number of fused-ring (bicyclic) bond motifs is 1. The molecule has 2 aliphatic rings. The highest BCUT2D eigenvalue weighted by atomic mass is 35.5. The van der Waals surface area contributed by atoms with E-state index in [0.29, 0.717) is 24.2 Å². The number of rotatable bonds is 9. The fourth-order valence-electron chi connectivity index (χ4n) is 6.26. The predicted molar refractivity (Wildman–Crippen MR) is 188 cm³/mol. The fraction of sp³-hybridized carbons (Fsp3) is 0.368. The molecule has 1 N–H and O–H groups in total. The smallest absolute Gasteiger partial charge is 0.219 e. The molecule has 1 fully saturated rings. The number of halogens is 2. The normalized spacial score (nSPS) is 16.4. The first-order valence-corrected chi connectivity index (χ1v) is 17.1. The van der Waals surface area contributed by atoms with Gasteiger partial charge in [0, 0.05) is 98.2 Å². The third kappa shape index (κ3) is 8.45. The van der Waals surface area contributed by atoms with Crippen LogP contribution in [0.1, 0.15) is 53.8 Å². The Morgan fingerprint density at radius 1 is 0.979 bits per heavy atom. The van der Waals surface area contributed by atoms with Crippen LogP contribution in [0.3, 0.4) is 0 Å². The molecule has 0 radical (unpaired) electrons. The minimum Gasteiger partial charge on any atom is -0.379 e. The number of amides is 1. The van der Waals surface area contributed by atoms with E-state index in [2.05, 4.69) is 45.8 Å². The zero-order valence-electron chi connectivity index (χ0n) is 27.1. The van der Waals surface area contributed by atoms with E-state index in [9.17, 15) is 4.79 Å². The number of nitrogens with zero attached hydrogens (tertiary/aromatic N) is 4. The molecule has 0 unspecified atom stereocenters. The van der Waals surface area contributed by atoms with Crippen LogP contribution in [0.25, 0.3) is 11.3 Å². The van der Waals surface area contributed by atoms with Gasteiger partial charge in [-0.25, -0.2) is 0 Å². The average molecular weight is 671 g/mol. The molecule has 1 saturated heterocycles.